The standard InChI is InChI=1S/C11H18N2O2/c1-6(5-12)13-11(14)10-7(2)8(3)15-9(10)4/h6H,5,12H2,1-4H3,(H,13,14). The molecule has 1 aromatic rings. The van der Waals surface area contributed by atoms with Crippen molar-refractivity contribution in [2.45, 2.75) is 33.7 Å². The van der Waals surface area contributed by atoms with Gasteiger partial charge in [-0.2, -0.15) is 0 Å². The molecule has 0 fully saturated rings. The number of nitrogens with one attached hydrogen (secondary N) is 1. The molecule has 15 heavy (non-hydrogen) atoms. The third-order valence-corrected chi connectivity index (χ3v) is 2.52. The summed E-state index contributed by atoms with van der Waals surface area (Å²) in [5.41, 5.74) is 6.97. The maximum atomic E-state index is 11.8. The SMILES string of the molecule is Cc1oc(C)c(C(=O)NC(C)CN)c1C. The van der Waals surface area contributed by atoms with Crippen LogP contribution in [0.2, 0.25) is 0 Å². The van der Waals surface area contributed by atoms with Gasteiger partial charge >= 0.3 is 0 Å². The monoisotopic (exact) mass is 210 g/mol. The minimum absolute atomic E-state index is 0.0218. The van der Waals surface area contributed by atoms with Crippen LogP contribution in [-0.4, -0.2) is 18.5 Å². The molecule has 1 unspecified atom stereocenters. The topological polar surface area (TPSA) is 68.3 Å². The van der Waals surface area contributed by atoms with Gasteiger partial charge in [-0.05, 0) is 27.7 Å². The van der Waals surface area contributed by atoms with Gasteiger partial charge in [-0.15, -0.1) is 0 Å². The Labute approximate surface area is 89.8 Å². The molecule has 1 atom stereocenters. The van der Waals surface area contributed by atoms with Crippen LogP contribution in [0.25, 0.3) is 0 Å². The predicted octanol–water partition coefficient (Wildman–Crippen LogP) is 1.28. The second kappa shape index (κ2) is 4.49. The molecule has 1 rings (SSSR count). The summed E-state index contributed by atoms with van der Waals surface area (Å²) in [7, 11) is 0. The van der Waals surface area contributed by atoms with Crippen LogP contribution in [0.15, 0.2) is 4.42 Å². The van der Waals surface area contributed by atoms with Gasteiger partial charge in [-0.25, -0.2) is 0 Å². The average molecular weight is 210 g/mol. The molecule has 84 valence electrons. The lowest BCUT2D eigenvalue weighted by molar-refractivity contribution is 0.0939. The fourth-order valence-corrected chi connectivity index (χ4v) is 1.48. The van der Waals surface area contributed by atoms with Gasteiger partial charge in [0, 0.05) is 18.2 Å². The molecule has 0 aromatic carbocycles. The Bertz CT molecular complexity index is 369. The number of rotatable bonds is 3. The van der Waals surface area contributed by atoms with Crippen LogP contribution in [0.3, 0.4) is 0 Å². The summed E-state index contributed by atoms with van der Waals surface area (Å²) in [6.07, 6.45) is 0. The van der Waals surface area contributed by atoms with Gasteiger partial charge in [0.2, 0.25) is 0 Å². The van der Waals surface area contributed by atoms with Crippen molar-refractivity contribution in [2.24, 2.45) is 5.73 Å². The molecule has 1 aromatic heterocycles. The smallest absolute Gasteiger partial charge is 0.255 e. The molecule has 1 heterocycles. The van der Waals surface area contributed by atoms with Crippen LogP contribution >= 0.6 is 0 Å². The third kappa shape index (κ3) is 2.39. The first-order valence-corrected chi connectivity index (χ1v) is 5.04. The van der Waals surface area contributed by atoms with Crippen LogP contribution in [0, 0.1) is 20.8 Å². The van der Waals surface area contributed by atoms with E-state index >= 15 is 0 Å². The minimum Gasteiger partial charge on any atom is -0.466 e. The Morgan fingerprint density at radius 3 is 2.40 bits per heavy atom. The van der Waals surface area contributed by atoms with Crippen molar-refractivity contribution < 1.29 is 9.21 Å². The molecule has 0 aliphatic rings. The molecule has 1 amide bonds. The molecule has 0 aliphatic heterocycles. The van der Waals surface area contributed by atoms with Crippen molar-refractivity contribution in [3.63, 3.8) is 0 Å². The highest BCUT2D eigenvalue weighted by Crippen LogP contribution is 2.20. The summed E-state index contributed by atoms with van der Waals surface area (Å²) in [5.74, 6) is 1.34. The van der Waals surface area contributed by atoms with Gasteiger partial charge in [0.15, 0.2) is 0 Å². The number of nitrogens with two attached hydrogens (primary N) is 1. The third-order valence-electron chi connectivity index (χ3n) is 2.52. The molecule has 4 nitrogen and oxygen atoms in total. The normalized spacial score (nSPS) is 12.6. The highest BCUT2D eigenvalue weighted by Gasteiger charge is 2.19. The van der Waals surface area contributed by atoms with Gasteiger partial charge in [-0.3, -0.25) is 4.79 Å². The summed E-state index contributed by atoms with van der Waals surface area (Å²) in [6.45, 7) is 7.83. The molecule has 0 spiro atoms. The number of hydrogen-bond acceptors (Lipinski definition) is 3. The van der Waals surface area contributed by atoms with Gasteiger partial charge in [0.1, 0.15) is 11.5 Å². The minimum atomic E-state index is -0.111. The second-order valence-corrected chi connectivity index (χ2v) is 3.82. The maximum absolute atomic E-state index is 11.8. The van der Waals surface area contributed by atoms with E-state index < -0.39 is 0 Å². The number of carbonyl (C=O) groups is 1. The lowest BCUT2D eigenvalue weighted by atomic mass is 10.1. The molecule has 0 radical (unpaired) electrons. The summed E-state index contributed by atoms with van der Waals surface area (Å²) in [6, 6.07) is -0.0218. The zero-order valence-corrected chi connectivity index (χ0v) is 9.68. The number of carbonyl (C=O) groups excluding carboxylic acids is 1. The summed E-state index contributed by atoms with van der Waals surface area (Å²) in [5, 5.41) is 2.82. The molecular weight excluding hydrogens is 192 g/mol. The fourth-order valence-electron chi connectivity index (χ4n) is 1.48. The van der Waals surface area contributed by atoms with E-state index in [4.69, 9.17) is 10.2 Å². The van der Waals surface area contributed by atoms with Crippen molar-refractivity contribution in [2.75, 3.05) is 6.54 Å². The highest BCUT2D eigenvalue weighted by molar-refractivity contribution is 5.97. The van der Waals surface area contributed by atoms with Crippen LogP contribution in [-0.2, 0) is 0 Å². The van der Waals surface area contributed by atoms with Crippen molar-refractivity contribution in [3.8, 4) is 0 Å². The van der Waals surface area contributed by atoms with E-state index in [1.165, 1.54) is 0 Å². The largest absolute Gasteiger partial charge is 0.466 e. The maximum Gasteiger partial charge on any atom is 0.255 e. The number of aryl methyl sites for hydroxylation is 2. The summed E-state index contributed by atoms with van der Waals surface area (Å²) >= 11 is 0. The van der Waals surface area contributed by atoms with E-state index in [1.807, 2.05) is 20.8 Å². The van der Waals surface area contributed by atoms with E-state index in [9.17, 15) is 4.79 Å². The zero-order chi connectivity index (χ0) is 11.6. The second-order valence-electron chi connectivity index (χ2n) is 3.82. The van der Waals surface area contributed by atoms with Crippen LogP contribution in [0.5, 0.6) is 0 Å². The lowest BCUT2D eigenvalue weighted by Crippen LogP contribution is -2.38. The molecule has 0 aliphatic carbocycles. The van der Waals surface area contributed by atoms with Gasteiger partial charge < -0.3 is 15.5 Å². The quantitative estimate of drug-likeness (QED) is 0.789. The Morgan fingerprint density at radius 1 is 1.40 bits per heavy atom. The molecule has 4 heteroatoms. The Balaban J connectivity index is 2.91. The van der Waals surface area contributed by atoms with E-state index in [0.717, 1.165) is 11.3 Å². The Hall–Kier alpha value is -1.29. The van der Waals surface area contributed by atoms with Crippen LogP contribution in [0.4, 0.5) is 0 Å². The summed E-state index contributed by atoms with van der Waals surface area (Å²) in [4.78, 5) is 11.8. The van der Waals surface area contributed by atoms with Gasteiger partial charge in [0.05, 0.1) is 5.56 Å². The van der Waals surface area contributed by atoms with E-state index in [0.29, 0.717) is 17.9 Å². The fraction of sp³-hybridized carbons (Fsp3) is 0.545. The van der Waals surface area contributed by atoms with Crippen molar-refractivity contribution in [1.82, 2.24) is 5.32 Å². The number of hydrogen-bond donors (Lipinski definition) is 2. The van der Waals surface area contributed by atoms with E-state index in [1.54, 1.807) is 6.92 Å². The van der Waals surface area contributed by atoms with Crippen molar-refractivity contribution in [1.29, 1.82) is 0 Å². The lowest BCUT2D eigenvalue weighted by Gasteiger charge is -2.11. The molecule has 0 bridgehead atoms. The average Bonchev–Trinajstić information content (AvgIpc) is 2.41. The molecular formula is C11H18N2O2. The zero-order valence-electron chi connectivity index (χ0n) is 9.68. The van der Waals surface area contributed by atoms with Crippen LogP contribution in [0.1, 0.15) is 34.4 Å². The Morgan fingerprint density at radius 2 is 2.00 bits per heavy atom. The molecule has 0 saturated carbocycles. The highest BCUT2D eigenvalue weighted by atomic mass is 16.3. The van der Waals surface area contributed by atoms with E-state index in [2.05, 4.69) is 5.32 Å². The molecule has 3 N–H and O–H groups in total. The van der Waals surface area contributed by atoms with E-state index in [-0.39, 0.29) is 11.9 Å². The van der Waals surface area contributed by atoms with Crippen molar-refractivity contribution in [3.05, 3.63) is 22.6 Å². The first-order valence-electron chi connectivity index (χ1n) is 5.04. The molecule has 0 saturated heterocycles. The van der Waals surface area contributed by atoms with Gasteiger partial charge in [0.25, 0.3) is 5.91 Å². The Kier molecular flexibility index (Phi) is 3.52. The summed E-state index contributed by atoms with van der Waals surface area (Å²) < 4.78 is 5.39. The van der Waals surface area contributed by atoms with Crippen LogP contribution < -0.4 is 11.1 Å². The number of amides is 1. The van der Waals surface area contributed by atoms with Crippen molar-refractivity contribution >= 4 is 5.91 Å². The first-order chi connectivity index (χ1) is 6.97. The number of furan rings is 1. The van der Waals surface area contributed by atoms with Gasteiger partial charge in [-0.1, -0.05) is 0 Å². The predicted molar refractivity (Wildman–Crippen MR) is 58.9 cm³/mol. The first kappa shape index (κ1) is 11.8.